The Labute approximate surface area is 273 Å². The molecular weight excluding hydrogens is 739 g/mol. The highest BCUT2D eigenvalue weighted by Gasteiger charge is 2.80. The largest absolute Gasteiger partial charge is 0.498 e. The molecule has 6 nitrogen and oxygen atoms in total. The molecule has 0 fully saturated rings. The number of halogens is 3. The van der Waals surface area contributed by atoms with Crippen LogP contribution in [0.4, 0.5) is 0 Å². The number of alkyl halides is 2. The summed E-state index contributed by atoms with van der Waals surface area (Å²) in [7, 11) is 9.62. The molecule has 41 heavy (non-hydrogen) atoms. The SMILES string of the molecule is Br.COC1=C(c2ccccc2)C(OC)(C(Br)(Br)c2ccccc2)C(OC)(c2ccccc2)C(OC)(OC)C1OC.P. The summed E-state index contributed by atoms with van der Waals surface area (Å²) >= 11 is 8.20. The predicted octanol–water partition coefficient (Wildman–Crippen LogP) is 7.27. The molecule has 0 N–H and O–H groups in total. The second kappa shape index (κ2) is 14.6. The first-order valence-corrected chi connectivity index (χ1v) is 14.0. The van der Waals surface area contributed by atoms with Crippen LogP contribution in [-0.4, -0.2) is 60.2 Å². The summed E-state index contributed by atoms with van der Waals surface area (Å²) in [6.07, 6.45) is -0.872. The lowest BCUT2D eigenvalue weighted by molar-refractivity contribution is -0.388. The van der Waals surface area contributed by atoms with Crippen molar-refractivity contribution in [2.45, 2.75) is 26.3 Å². The van der Waals surface area contributed by atoms with Gasteiger partial charge in [-0.25, -0.2) is 0 Å². The lowest BCUT2D eigenvalue weighted by Gasteiger charge is -2.64. The minimum absolute atomic E-state index is 0. The van der Waals surface area contributed by atoms with Crippen LogP contribution in [0.15, 0.2) is 96.8 Å². The summed E-state index contributed by atoms with van der Waals surface area (Å²) in [6, 6.07) is 29.6. The molecule has 0 saturated heterocycles. The first-order valence-electron chi connectivity index (χ1n) is 12.4. The Morgan fingerprint density at radius 1 is 0.659 bits per heavy atom. The third-order valence-corrected chi connectivity index (χ3v) is 9.70. The fourth-order valence-corrected chi connectivity index (χ4v) is 7.98. The smallest absolute Gasteiger partial charge is 0.239 e. The lowest BCUT2D eigenvalue weighted by Crippen LogP contribution is -2.78. The number of rotatable bonds is 10. The van der Waals surface area contributed by atoms with Crippen LogP contribution in [-0.2, 0) is 37.3 Å². The molecule has 4 rings (SSSR count). The van der Waals surface area contributed by atoms with Crippen LogP contribution in [0.1, 0.15) is 16.7 Å². The molecule has 4 atom stereocenters. The molecule has 224 valence electrons. The second-order valence-corrected chi connectivity index (χ2v) is 12.5. The molecule has 0 radical (unpaired) electrons. The molecule has 0 spiro atoms. The molecule has 0 bridgehead atoms. The summed E-state index contributed by atoms with van der Waals surface area (Å²) in [5.41, 5.74) is 0.151. The molecule has 1 aliphatic carbocycles. The van der Waals surface area contributed by atoms with Crippen molar-refractivity contribution in [2.75, 3.05) is 42.7 Å². The first kappa shape index (κ1) is 36.1. The summed E-state index contributed by atoms with van der Waals surface area (Å²) in [4.78, 5) is 0. The Morgan fingerprint density at radius 3 is 1.56 bits per heavy atom. The number of methoxy groups -OCH3 is 6. The van der Waals surface area contributed by atoms with Gasteiger partial charge in [0.25, 0.3) is 0 Å². The summed E-state index contributed by atoms with van der Waals surface area (Å²) < 4.78 is 37.6. The average Bonchev–Trinajstić information content (AvgIpc) is 3.00. The maximum atomic E-state index is 6.84. The van der Waals surface area contributed by atoms with Crippen molar-refractivity contribution >= 4 is 64.3 Å². The van der Waals surface area contributed by atoms with Crippen LogP contribution in [0.2, 0.25) is 0 Å². The van der Waals surface area contributed by atoms with Crippen LogP contribution >= 0.6 is 58.7 Å². The minimum atomic E-state index is -1.61. The zero-order chi connectivity index (χ0) is 28.3. The Hall–Kier alpha value is -1.13. The van der Waals surface area contributed by atoms with E-state index in [9.17, 15) is 0 Å². The van der Waals surface area contributed by atoms with Crippen molar-refractivity contribution in [3.05, 3.63) is 113 Å². The van der Waals surface area contributed by atoms with E-state index in [1.54, 1.807) is 42.7 Å². The molecule has 4 unspecified atom stereocenters. The van der Waals surface area contributed by atoms with Gasteiger partial charge in [0, 0.05) is 41.1 Å². The van der Waals surface area contributed by atoms with E-state index in [4.69, 9.17) is 28.4 Å². The van der Waals surface area contributed by atoms with Gasteiger partial charge in [-0.1, -0.05) is 123 Å². The van der Waals surface area contributed by atoms with Crippen LogP contribution < -0.4 is 0 Å². The lowest BCUT2D eigenvalue weighted by atomic mass is 9.58. The van der Waals surface area contributed by atoms with Crippen LogP contribution in [0.3, 0.4) is 0 Å². The van der Waals surface area contributed by atoms with E-state index in [2.05, 4.69) is 31.9 Å². The van der Waals surface area contributed by atoms with Gasteiger partial charge < -0.3 is 28.4 Å². The molecule has 0 amide bonds. The van der Waals surface area contributed by atoms with E-state index in [1.807, 2.05) is 91.0 Å². The van der Waals surface area contributed by atoms with Crippen molar-refractivity contribution in [1.29, 1.82) is 0 Å². The molecule has 3 aromatic carbocycles. The van der Waals surface area contributed by atoms with Gasteiger partial charge >= 0.3 is 0 Å². The number of hydrogen-bond acceptors (Lipinski definition) is 6. The second-order valence-electron chi connectivity index (χ2n) is 9.08. The third-order valence-electron chi connectivity index (χ3n) is 7.66. The number of benzene rings is 3. The monoisotopic (exact) mass is 774 g/mol. The molecule has 0 saturated carbocycles. The van der Waals surface area contributed by atoms with Crippen molar-refractivity contribution in [2.24, 2.45) is 0 Å². The van der Waals surface area contributed by atoms with E-state index >= 15 is 0 Å². The van der Waals surface area contributed by atoms with Gasteiger partial charge in [-0.05, 0) is 16.7 Å². The van der Waals surface area contributed by atoms with Crippen molar-refractivity contribution in [1.82, 2.24) is 0 Å². The Bertz CT molecular complexity index is 1270. The van der Waals surface area contributed by atoms with Gasteiger partial charge in [-0.2, -0.15) is 9.90 Å². The molecule has 0 aromatic heterocycles. The summed E-state index contributed by atoms with van der Waals surface area (Å²) in [5, 5.41) is 0. The van der Waals surface area contributed by atoms with E-state index < -0.39 is 26.3 Å². The fraction of sp³-hybridized carbons (Fsp3) is 0.355. The van der Waals surface area contributed by atoms with Crippen LogP contribution in [0.5, 0.6) is 0 Å². The molecule has 0 heterocycles. The third kappa shape index (κ3) is 5.09. The van der Waals surface area contributed by atoms with Gasteiger partial charge in [0.2, 0.25) is 5.79 Å². The fourth-order valence-electron chi connectivity index (χ4n) is 6.17. The van der Waals surface area contributed by atoms with Gasteiger partial charge in [0.15, 0.2) is 17.3 Å². The van der Waals surface area contributed by atoms with Gasteiger partial charge in [0.05, 0.1) is 7.11 Å². The highest BCUT2D eigenvalue weighted by atomic mass is 79.9. The predicted molar refractivity (Wildman–Crippen MR) is 180 cm³/mol. The standard InChI is InChI=1S/C31H34Br2O6.BrH.H3P/c1-34-26-25(22-16-10-7-11-17-22)29(37-4,30(32,33)24-20-14-9-15-21-24)28(36-3,23-18-12-8-13-19-23)31(38-5,39-6)27(26)35-2;;/h7-21,27H,1-6H3;1H;1H3. The van der Waals surface area contributed by atoms with E-state index in [1.165, 1.54) is 0 Å². The molecule has 1 aliphatic rings. The maximum absolute atomic E-state index is 6.84. The Balaban J connectivity index is 0.00000294. The van der Waals surface area contributed by atoms with E-state index in [-0.39, 0.29) is 26.9 Å². The topological polar surface area (TPSA) is 55.4 Å². The summed E-state index contributed by atoms with van der Waals surface area (Å²) in [5.74, 6) is -1.14. The van der Waals surface area contributed by atoms with Gasteiger partial charge in [-0.3, -0.25) is 0 Å². The van der Waals surface area contributed by atoms with Gasteiger partial charge in [-0.15, -0.1) is 17.0 Å². The van der Waals surface area contributed by atoms with Crippen molar-refractivity contribution in [3.8, 4) is 0 Å². The number of hydrogen-bond donors (Lipinski definition) is 0. The molecule has 0 aliphatic heterocycles. The maximum Gasteiger partial charge on any atom is 0.239 e. The molecular formula is C31H38Br3O6P. The average molecular weight is 777 g/mol. The van der Waals surface area contributed by atoms with Crippen molar-refractivity contribution < 1.29 is 28.4 Å². The van der Waals surface area contributed by atoms with Crippen LogP contribution in [0, 0.1) is 0 Å². The van der Waals surface area contributed by atoms with Crippen LogP contribution in [0.25, 0.3) is 5.57 Å². The molecule has 3 aromatic rings. The summed E-state index contributed by atoms with van der Waals surface area (Å²) in [6.45, 7) is 0. The van der Waals surface area contributed by atoms with Crippen molar-refractivity contribution in [3.63, 3.8) is 0 Å². The Morgan fingerprint density at radius 2 is 1.15 bits per heavy atom. The zero-order valence-electron chi connectivity index (χ0n) is 24.1. The van der Waals surface area contributed by atoms with Gasteiger partial charge in [0.1, 0.15) is 8.99 Å². The quantitative estimate of drug-likeness (QED) is 0.123. The highest BCUT2D eigenvalue weighted by Crippen LogP contribution is 2.69. The van der Waals surface area contributed by atoms with E-state index in [0.29, 0.717) is 11.3 Å². The van der Waals surface area contributed by atoms with E-state index in [0.717, 1.165) is 16.7 Å². The Kier molecular flexibility index (Phi) is 12.8. The minimum Gasteiger partial charge on any atom is -0.498 e. The molecule has 10 heteroatoms. The highest BCUT2D eigenvalue weighted by molar-refractivity contribution is 9.24. The number of ether oxygens (including phenoxy) is 6. The first-order chi connectivity index (χ1) is 18.8. The zero-order valence-corrected chi connectivity index (χ0v) is 30.4. The normalized spacial score (nSPS) is 23.8.